The van der Waals surface area contributed by atoms with Crippen molar-refractivity contribution in [3.8, 4) is 0 Å². The van der Waals surface area contributed by atoms with E-state index in [0.717, 1.165) is 17.3 Å². The second kappa shape index (κ2) is 4.66. The van der Waals surface area contributed by atoms with Crippen LogP contribution in [0, 0.1) is 5.92 Å². The molecule has 1 saturated heterocycles. The van der Waals surface area contributed by atoms with E-state index < -0.39 is 6.10 Å². The number of aromatic amines is 1. The van der Waals surface area contributed by atoms with Crippen LogP contribution < -0.4 is 0 Å². The summed E-state index contributed by atoms with van der Waals surface area (Å²) in [6.45, 7) is 3.15. The zero-order valence-corrected chi connectivity index (χ0v) is 10.8. The van der Waals surface area contributed by atoms with Gasteiger partial charge in [0, 0.05) is 24.0 Å². The fraction of sp³-hybridized carbons (Fsp3) is 0.429. The minimum Gasteiger partial charge on any atom is -0.391 e. The molecule has 0 bridgehead atoms. The Hall–Kier alpha value is -1.88. The predicted octanol–water partition coefficient (Wildman–Crippen LogP) is 1.41. The van der Waals surface area contributed by atoms with E-state index in [1.54, 1.807) is 17.2 Å². The lowest BCUT2D eigenvalue weighted by atomic mass is 9.95. The standard InChI is InChI=1S/C14H17N3O2/c1-9-4-5-17(8-13(9)18)14(19)10-2-3-12-11(6-10)7-15-16-12/h2-3,6-7,9,13,18H,4-5,8H2,1H3,(H,15,16). The molecular weight excluding hydrogens is 242 g/mol. The van der Waals surface area contributed by atoms with Crippen molar-refractivity contribution in [1.82, 2.24) is 15.1 Å². The normalized spacial score (nSPS) is 23.8. The minimum absolute atomic E-state index is 0.0194. The van der Waals surface area contributed by atoms with Gasteiger partial charge in [-0.2, -0.15) is 5.10 Å². The summed E-state index contributed by atoms with van der Waals surface area (Å²) in [7, 11) is 0. The first-order valence-corrected chi connectivity index (χ1v) is 6.55. The first-order chi connectivity index (χ1) is 9.15. The number of aliphatic hydroxyl groups excluding tert-OH is 1. The van der Waals surface area contributed by atoms with Crippen molar-refractivity contribution in [3.05, 3.63) is 30.0 Å². The summed E-state index contributed by atoms with van der Waals surface area (Å²) in [5.74, 6) is 0.245. The van der Waals surface area contributed by atoms with Crippen LogP contribution in [0.4, 0.5) is 0 Å². The number of β-amino-alcohol motifs (C(OH)–C–C–N with tert-alkyl or cyclic N) is 1. The van der Waals surface area contributed by atoms with E-state index in [0.29, 0.717) is 18.7 Å². The van der Waals surface area contributed by atoms with Gasteiger partial charge in [0.15, 0.2) is 0 Å². The molecule has 1 amide bonds. The van der Waals surface area contributed by atoms with Crippen LogP contribution in [0.5, 0.6) is 0 Å². The minimum atomic E-state index is -0.421. The molecule has 1 aromatic carbocycles. The average Bonchev–Trinajstić information content (AvgIpc) is 2.88. The molecule has 5 nitrogen and oxygen atoms in total. The molecule has 0 spiro atoms. The van der Waals surface area contributed by atoms with Gasteiger partial charge in [-0.3, -0.25) is 9.89 Å². The average molecular weight is 259 g/mol. The monoisotopic (exact) mass is 259 g/mol. The van der Waals surface area contributed by atoms with E-state index >= 15 is 0 Å². The molecule has 0 saturated carbocycles. The number of hydrogen-bond donors (Lipinski definition) is 2. The molecular formula is C14H17N3O2. The SMILES string of the molecule is CC1CCN(C(=O)c2ccc3[nH]ncc3c2)CC1O. The van der Waals surface area contributed by atoms with Gasteiger partial charge in [0.05, 0.1) is 17.8 Å². The van der Waals surface area contributed by atoms with E-state index in [1.165, 1.54) is 0 Å². The molecule has 0 aliphatic carbocycles. The number of carbonyl (C=O) groups excluding carboxylic acids is 1. The Kier molecular flexibility index (Phi) is 2.98. The number of piperidine rings is 1. The van der Waals surface area contributed by atoms with Gasteiger partial charge in [0.2, 0.25) is 0 Å². The highest BCUT2D eigenvalue weighted by Crippen LogP contribution is 2.20. The molecule has 2 aromatic rings. The van der Waals surface area contributed by atoms with Crippen LogP contribution in [0.3, 0.4) is 0 Å². The quantitative estimate of drug-likeness (QED) is 0.813. The van der Waals surface area contributed by atoms with Crippen molar-refractivity contribution in [1.29, 1.82) is 0 Å². The number of aromatic nitrogens is 2. The number of aliphatic hydroxyl groups is 1. The maximum absolute atomic E-state index is 12.4. The van der Waals surface area contributed by atoms with Crippen LogP contribution >= 0.6 is 0 Å². The number of rotatable bonds is 1. The molecule has 2 atom stereocenters. The van der Waals surface area contributed by atoms with Gasteiger partial charge in [0.25, 0.3) is 5.91 Å². The summed E-state index contributed by atoms with van der Waals surface area (Å²) >= 11 is 0. The van der Waals surface area contributed by atoms with Crippen LogP contribution in [0.15, 0.2) is 24.4 Å². The number of benzene rings is 1. The van der Waals surface area contributed by atoms with Crippen molar-refractivity contribution < 1.29 is 9.90 Å². The van der Waals surface area contributed by atoms with Crippen molar-refractivity contribution in [2.24, 2.45) is 5.92 Å². The highest BCUT2D eigenvalue weighted by molar-refractivity contribution is 5.97. The Morgan fingerprint density at radius 1 is 1.53 bits per heavy atom. The van der Waals surface area contributed by atoms with Gasteiger partial charge in [-0.05, 0) is 30.5 Å². The molecule has 2 heterocycles. The lowest BCUT2D eigenvalue weighted by molar-refractivity contribution is 0.0249. The molecule has 1 fully saturated rings. The first-order valence-electron chi connectivity index (χ1n) is 6.55. The van der Waals surface area contributed by atoms with E-state index in [2.05, 4.69) is 10.2 Å². The smallest absolute Gasteiger partial charge is 0.253 e. The third-order valence-corrected chi connectivity index (χ3v) is 3.89. The molecule has 19 heavy (non-hydrogen) atoms. The molecule has 3 rings (SSSR count). The van der Waals surface area contributed by atoms with Crippen LogP contribution in [0.1, 0.15) is 23.7 Å². The van der Waals surface area contributed by atoms with Gasteiger partial charge < -0.3 is 10.0 Å². The van der Waals surface area contributed by atoms with Gasteiger partial charge in [0.1, 0.15) is 0 Å². The van der Waals surface area contributed by atoms with Gasteiger partial charge in [-0.25, -0.2) is 0 Å². The van der Waals surface area contributed by atoms with E-state index in [-0.39, 0.29) is 11.8 Å². The second-order valence-corrected chi connectivity index (χ2v) is 5.26. The van der Waals surface area contributed by atoms with E-state index in [4.69, 9.17) is 0 Å². The summed E-state index contributed by atoms with van der Waals surface area (Å²) in [4.78, 5) is 14.1. The highest BCUT2D eigenvalue weighted by Gasteiger charge is 2.27. The van der Waals surface area contributed by atoms with Crippen molar-refractivity contribution in [2.45, 2.75) is 19.4 Å². The summed E-state index contributed by atoms with van der Waals surface area (Å²) < 4.78 is 0. The Morgan fingerprint density at radius 3 is 3.16 bits per heavy atom. The molecule has 1 aliphatic rings. The second-order valence-electron chi connectivity index (χ2n) is 5.26. The number of H-pyrrole nitrogens is 1. The molecule has 0 radical (unpaired) electrons. The van der Waals surface area contributed by atoms with Crippen LogP contribution in [0.25, 0.3) is 10.9 Å². The van der Waals surface area contributed by atoms with Gasteiger partial charge in [-0.1, -0.05) is 6.92 Å². The zero-order valence-electron chi connectivity index (χ0n) is 10.8. The predicted molar refractivity (Wildman–Crippen MR) is 71.8 cm³/mol. The molecule has 1 aliphatic heterocycles. The number of hydrogen-bond acceptors (Lipinski definition) is 3. The number of fused-ring (bicyclic) bond motifs is 1. The number of amides is 1. The van der Waals surface area contributed by atoms with Crippen LogP contribution in [-0.2, 0) is 0 Å². The summed E-state index contributed by atoms with van der Waals surface area (Å²) in [5.41, 5.74) is 1.57. The first kappa shape index (κ1) is 12.2. The van der Waals surface area contributed by atoms with Crippen molar-refractivity contribution >= 4 is 16.8 Å². The van der Waals surface area contributed by atoms with Crippen molar-refractivity contribution in [3.63, 3.8) is 0 Å². The topological polar surface area (TPSA) is 69.2 Å². The number of likely N-dealkylation sites (tertiary alicyclic amines) is 1. The maximum Gasteiger partial charge on any atom is 0.253 e. The highest BCUT2D eigenvalue weighted by atomic mass is 16.3. The largest absolute Gasteiger partial charge is 0.391 e. The van der Waals surface area contributed by atoms with E-state index in [1.807, 2.05) is 19.1 Å². The fourth-order valence-corrected chi connectivity index (χ4v) is 2.49. The Balaban J connectivity index is 1.83. The summed E-state index contributed by atoms with van der Waals surface area (Å²) in [5, 5.41) is 17.6. The number of nitrogens with zero attached hydrogens (tertiary/aromatic N) is 2. The molecule has 1 aromatic heterocycles. The molecule has 2 N–H and O–H groups in total. The zero-order chi connectivity index (χ0) is 13.4. The Morgan fingerprint density at radius 2 is 2.37 bits per heavy atom. The maximum atomic E-state index is 12.4. The lowest BCUT2D eigenvalue weighted by Gasteiger charge is -2.34. The molecule has 5 heteroatoms. The number of carbonyl (C=O) groups is 1. The van der Waals surface area contributed by atoms with Crippen molar-refractivity contribution in [2.75, 3.05) is 13.1 Å². The van der Waals surface area contributed by atoms with Gasteiger partial charge >= 0.3 is 0 Å². The number of nitrogens with one attached hydrogen (secondary N) is 1. The fourth-order valence-electron chi connectivity index (χ4n) is 2.49. The third-order valence-electron chi connectivity index (χ3n) is 3.89. The summed E-state index contributed by atoms with van der Waals surface area (Å²) in [6.07, 6.45) is 2.13. The van der Waals surface area contributed by atoms with Crippen LogP contribution in [0.2, 0.25) is 0 Å². The third kappa shape index (κ3) is 2.21. The van der Waals surface area contributed by atoms with Crippen LogP contribution in [-0.4, -0.2) is 45.3 Å². The summed E-state index contributed by atoms with van der Waals surface area (Å²) in [6, 6.07) is 5.50. The molecule has 100 valence electrons. The Bertz CT molecular complexity index is 608. The van der Waals surface area contributed by atoms with Gasteiger partial charge in [-0.15, -0.1) is 0 Å². The lowest BCUT2D eigenvalue weighted by Crippen LogP contribution is -2.45. The Labute approximate surface area is 111 Å². The van der Waals surface area contributed by atoms with E-state index in [9.17, 15) is 9.90 Å². The molecule has 2 unspecified atom stereocenters.